The molecule has 150 valence electrons. The minimum absolute atomic E-state index is 0.0881. The number of nitrogens with zero attached hydrogens (tertiary/aromatic N) is 4. The van der Waals surface area contributed by atoms with Crippen molar-refractivity contribution in [1.82, 2.24) is 24.8 Å². The summed E-state index contributed by atoms with van der Waals surface area (Å²) in [4.78, 5) is 31.2. The molecule has 0 aliphatic carbocycles. The molecule has 1 aliphatic heterocycles. The highest BCUT2D eigenvalue weighted by Gasteiger charge is 2.22. The van der Waals surface area contributed by atoms with Gasteiger partial charge in [0.2, 0.25) is 0 Å². The molecule has 7 heteroatoms. The van der Waals surface area contributed by atoms with E-state index in [-0.39, 0.29) is 5.56 Å². The fourth-order valence-corrected chi connectivity index (χ4v) is 4.14. The van der Waals surface area contributed by atoms with Crippen LogP contribution in [0.1, 0.15) is 22.4 Å². The van der Waals surface area contributed by atoms with Crippen LogP contribution in [0.2, 0.25) is 5.15 Å². The van der Waals surface area contributed by atoms with Crippen molar-refractivity contribution in [3.8, 4) is 11.4 Å². The zero-order valence-corrected chi connectivity index (χ0v) is 17.3. The maximum absolute atomic E-state index is 12.8. The third kappa shape index (κ3) is 3.60. The van der Waals surface area contributed by atoms with Gasteiger partial charge >= 0.3 is 0 Å². The molecule has 1 aromatic carbocycles. The lowest BCUT2D eigenvalue weighted by Gasteiger charge is -2.28. The Morgan fingerprint density at radius 3 is 2.80 bits per heavy atom. The van der Waals surface area contributed by atoms with E-state index in [0.717, 1.165) is 46.3 Å². The summed E-state index contributed by atoms with van der Waals surface area (Å²) in [7, 11) is 0. The molecule has 0 spiro atoms. The van der Waals surface area contributed by atoms with Crippen molar-refractivity contribution in [2.24, 2.45) is 0 Å². The SMILES string of the molecule is Cc1ccc2nc(Cl)c(CN3CCc4nc(-c5ccncc5)[nH]c(=O)c4C3)cc2c1. The summed E-state index contributed by atoms with van der Waals surface area (Å²) < 4.78 is 0. The molecule has 6 nitrogen and oxygen atoms in total. The molecule has 0 radical (unpaired) electrons. The number of rotatable bonds is 3. The van der Waals surface area contributed by atoms with E-state index >= 15 is 0 Å². The van der Waals surface area contributed by atoms with Crippen molar-refractivity contribution < 1.29 is 0 Å². The van der Waals surface area contributed by atoms with Gasteiger partial charge in [0.15, 0.2) is 0 Å². The Morgan fingerprint density at radius 1 is 1.13 bits per heavy atom. The normalized spacial score (nSPS) is 14.1. The number of hydrogen-bond donors (Lipinski definition) is 1. The molecular weight excluding hydrogens is 398 g/mol. The Morgan fingerprint density at radius 2 is 1.97 bits per heavy atom. The first kappa shape index (κ1) is 18.9. The van der Waals surface area contributed by atoms with Gasteiger partial charge in [-0.15, -0.1) is 0 Å². The number of aromatic nitrogens is 4. The molecule has 1 N–H and O–H groups in total. The van der Waals surface area contributed by atoms with Crippen molar-refractivity contribution in [1.29, 1.82) is 0 Å². The van der Waals surface area contributed by atoms with Crippen LogP contribution in [0.4, 0.5) is 0 Å². The van der Waals surface area contributed by atoms with Crippen LogP contribution < -0.4 is 5.56 Å². The van der Waals surface area contributed by atoms with Crippen LogP contribution in [0.5, 0.6) is 0 Å². The van der Waals surface area contributed by atoms with E-state index in [9.17, 15) is 4.79 Å². The summed E-state index contributed by atoms with van der Waals surface area (Å²) >= 11 is 6.46. The molecule has 30 heavy (non-hydrogen) atoms. The fraction of sp³-hybridized carbons (Fsp3) is 0.217. The quantitative estimate of drug-likeness (QED) is 0.512. The minimum Gasteiger partial charge on any atom is -0.306 e. The number of fused-ring (bicyclic) bond motifs is 2. The molecule has 3 aromatic heterocycles. The molecule has 0 atom stereocenters. The van der Waals surface area contributed by atoms with Crippen LogP contribution in [0.15, 0.2) is 53.6 Å². The average Bonchev–Trinajstić information content (AvgIpc) is 2.75. The van der Waals surface area contributed by atoms with E-state index in [2.05, 4.69) is 38.9 Å². The molecule has 0 bridgehead atoms. The Kier molecular flexibility index (Phi) is 4.81. The Bertz CT molecular complexity index is 1300. The van der Waals surface area contributed by atoms with E-state index in [4.69, 9.17) is 16.6 Å². The summed E-state index contributed by atoms with van der Waals surface area (Å²) in [5, 5.41) is 1.59. The van der Waals surface area contributed by atoms with Crippen molar-refractivity contribution >= 4 is 22.5 Å². The molecule has 1 aliphatic rings. The van der Waals surface area contributed by atoms with Gasteiger partial charge in [-0.25, -0.2) is 9.97 Å². The second kappa shape index (κ2) is 7.63. The molecule has 0 saturated carbocycles. The first-order valence-electron chi connectivity index (χ1n) is 9.87. The standard InChI is InChI=1S/C23H20ClN5O/c1-14-2-3-19-16(10-14)11-17(21(24)26-19)12-29-9-6-20-18(13-29)23(30)28-22(27-20)15-4-7-25-8-5-15/h2-5,7-8,10-11H,6,9,12-13H2,1H3,(H,27,28,30). The van der Waals surface area contributed by atoms with Gasteiger partial charge in [0.05, 0.1) is 16.8 Å². The van der Waals surface area contributed by atoms with Gasteiger partial charge in [-0.3, -0.25) is 14.7 Å². The first-order valence-corrected chi connectivity index (χ1v) is 10.3. The minimum atomic E-state index is -0.0881. The molecule has 0 unspecified atom stereocenters. The Labute approximate surface area is 178 Å². The molecular formula is C23H20ClN5O. The zero-order chi connectivity index (χ0) is 20.7. The van der Waals surface area contributed by atoms with Gasteiger partial charge in [0, 0.05) is 55.0 Å². The number of hydrogen-bond acceptors (Lipinski definition) is 5. The molecule has 4 heterocycles. The number of aromatic amines is 1. The van der Waals surface area contributed by atoms with Gasteiger partial charge in [-0.05, 0) is 37.3 Å². The summed E-state index contributed by atoms with van der Waals surface area (Å²) in [6.45, 7) is 4.05. The third-order valence-corrected chi connectivity index (χ3v) is 5.82. The smallest absolute Gasteiger partial charge is 0.255 e. The lowest BCUT2D eigenvalue weighted by atomic mass is 10.0. The highest BCUT2D eigenvalue weighted by Crippen LogP contribution is 2.25. The Balaban J connectivity index is 1.42. The lowest BCUT2D eigenvalue weighted by Crippen LogP contribution is -2.35. The van der Waals surface area contributed by atoms with Crippen LogP contribution in [0, 0.1) is 6.92 Å². The van der Waals surface area contributed by atoms with Crippen molar-refractivity contribution in [2.45, 2.75) is 26.4 Å². The molecule has 0 fully saturated rings. The van der Waals surface area contributed by atoms with Crippen molar-refractivity contribution in [3.05, 3.63) is 86.7 Å². The molecule has 0 amide bonds. The largest absolute Gasteiger partial charge is 0.306 e. The number of pyridine rings is 2. The fourth-order valence-electron chi connectivity index (χ4n) is 3.93. The van der Waals surface area contributed by atoms with Crippen LogP contribution in [0.25, 0.3) is 22.3 Å². The Hall–Kier alpha value is -3.09. The predicted molar refractivity (Wildman–Crippen MR) is 117 cm³/mol. The maximum atomic E-state index is 12.8. The van der Waals surface area contributed by atoms with Gasteiger partial charge in [0.1, 0.15) is 11.0 Å². The zero-order valence-electron chi connectivity index (χ0n) is 16.5. The topological polar surface area (TPSA) is 74.8 Å². The number of H-pyrrole nitrogens is 1. The van der Waals surface area contributed by atoms with Crippen molar-refractivity contribution in [2.75, 3.05) is 6.54 Å². The van der Waals surface area contributed by atoms with Crippen LogP contribution in [0.3, 0.4) is 0 Å². The summed E-state index contributed by atoms with van der Waals surface area (Å²) in [5.41, 5.74) is 5.40. The summed E-state index contributed by atoms with van der Waals surface area (Å²) in [6.07, 6.45) is 4.10. The molecule has 0 saturated heterocycles. The number of benzene rings is 1. The number of nitrogens with one attached hydrogen (secondary N) is 1. The monoisotopic (exact) mass is 417 g/mol. The maximum Gasteiger partial charge on any atom is 0.255 e. The van der Waals surface area contributed by atoms with Gasteiger partial charge < -0.3 is 4.98 Å². The van der Waals surface area contributed by atoms with E-state index < -0.39 is 0 Å². The van der Waals surface area contributed by atoms with Gasteiger partial charge in [-0.1, -0.05) is 23.2 Å². The molecule has 5 rings (SSSR count). The summed E-state index contributed by atoms with van der Waals surface area (Å²) in [6, 6.07) is 11.9. The first-order chi connectivity index (χ1) is 14.6. The van der Waals surface area contributed by atoms with E-state index in [0.29, 0.717) is 24.1 Å². The second-order valence-electron chi connectivity index (χ2n) is 7.67. The number of halogens is 1. The highest BCUT2D eigenvalue weighted by molar-refractivity contribution is 6.30. The average molecular weight is 418 g/mol. The van der Waals surface area contributed by atoms with E-state index in [1.54, 1.807) is 12.4 Å². The van der Waals surface area contributed by atoms with E-state index in [1.165, 1.54) is 5.56 Å². The van der Waals surface area contributed by atoms with Crippen LogP contribution in [-0.4, -0.2) is 31.4 Å². The van der Waals surface area contributed by atoms with Gasteiger partial charge in [0.25, 0.3) is 5.56 Å². The van der Waals surface area contributed by atoms with Gasteiger partial charge in [-0.2, -0.15) is 0 Å². The summed E-state index contributed by atoms with van der Waals surface area (Å²) in [5.74, 6) is 0.590. The van der Waals surface area contributed by atoms with Crippen molar-refractivity contribution in [3.63, 3.8) is 0 Å². The highest BCUT2D eigenvalue weighted by atomic mass is 35.5. The predicted octanol–water partition coefficient (Wildman–Crippen LogP) is 3.90. The second-order valence-corrected chi connectivity index (χ2v) is 8.03. The lowest BCUT2D eigenvalue weighted by molar-refractivity contribution is 0.242. The number of aryl methyl sites for hydroxylation is 1. The molecule has 4 aromatic rings. The van der Waals surface area contributed by atoms with E-state index in [1.807, 2.05) is 24.3 Å². The third-order valence-electron chi connectivity index (χ3n) is 5.49. The van der Waals surface area contributed by atoms with Crippen LogP contribution in [-0.2, 0) is 19.5 Å². The van der Waals surface area contributed by atoms with Crippen LogP contribution >= 0.6 is 11.6 Å².